The molecule has 1 aromatic carbocycles. The largest absolute Gasteiger partial charge is 0.343 e. The highest BCUT2D eigenvalue weighted by Gasteiger charge is 2.27. The van der Waals surface area contributed by atoms with Gasteiger partial charge in [-0.3, -0.25) is 4.79 Å². The van der Waals surface area contributed by atoms with Gasteiger partial charge in [-0.1, -0.05) is 23.8 Å². The van der Waals surface area contributed by atoms with Gasteiger partial charge in [0.15, 0.2) is 0 Å². The third-order valence-electron chi connectivity index (χ3n) is 4.76. The summed E-state index contributed by atoms with van der Waals surface area (Å²) in [7, 11) is 0. The van der Waals surface area contributed by atoms with Gasteiger partial charge in [0.05, 0.1) is 0 Å². The molecule has 20 heavy (non-hydrogen) atoms. The molecule has 1 saturated heterocycles. The lowest BCUT2D eigenvalue weighted by atomic mass is 10.0. The van der Waals surface area contributed by atoms with Gasteiger partial charge < -0.3 is 10.2 Å². The van der Waals surface area contributed by atoms with Crippen LogP contribution >= 0.6 is 0 Å². The molecule has 108 valence electrons. The average Bonchev–Trinajstić information content (AvgIpc) is 2.82. The van der Waals surface area contributed by atoms with E-state index in [2.05, 4.69) is 30.4 Å². The number of piperidine rings is 1. The highest BCUT2D eigenvalue weighted by atomic mass is 16.2. The van der Waals surface area contributed by atoms with Crippen molar-refractivity contribution >= 4 is 5.91 Å². The lowest BCUT2D eigenvalue weighted by Gasteiger charge is -2.33. The van der Waals surface area contributed by atoms with Crippen LogP contribution in [0.4, 0.5) is 0 Å². The molecule has 1 atom stereocenters. The topological polar surface area (TPSA) is 32.3 Å². The number of fused-ring (bicyclic) bond motifs is 1. The van der Waals surface area contributed by atoms with Gasteiger partial charge in [-0.15, -0.1) is 0 Å². The van der Waals surface area contributed by atoms with Crippen molar-refractivity contribution in [2.24, 2.45) is 0 Å². The summed E-state index contributed by atoms with van der Waals surface area (Å²) in [5, 5.41) is 3.82. The zero-order valence-electron chi connectivity index (χ0n) is 12.5. The Balaban J connectivity index is 1.61. The molecule has 0 radical (unpaired) electrons. The van der Waals surface area contributed by atoms with Crippen LogP contribution in [0.1, 0.15) is 48.9 Å². The number of amides is 1. The van der Waals surface area contributed by atoms with E-state index in [4.69, 9.17) is 0 Å². The van der Waals surface area contributed by atoms with Crippen LogP contribution in [0.15, 0.2) is 18.2 Å². The third-order valence-corrected chi connectivity index (χ3v) is 4.76. The molecule has 1 N–H and O–H groups in total. The number of rotatable bonds is 2. The Morgan fingerprint density at radius 3 is 2.70 bits per heavy atom. The second-order valence-corrected chi connectivity index (χ2v) is 6.24. The van der Waals surface area contributed by atoms with Gasteiger partial charge in [0.2, 0.25) is 5.91 Å². The van der Waals surface area contributed by atoms with Crippen molar-refractivity contribution in [3.05, 3.63) is 34.9 Å². The molecule has 1 aromatic rings. The van der Waals surface area contributed by atoms with E-state index in [1.165, 1.54) is 29.5 Å². The van der Waals surface area contributed by atoms with Crippen LogP contribution in [-0.2, 0) is 11.2 Å². The third kappa shape index (κ3) is 2.73. The highest BCUT2D eigenvalue weighted by molar-refractivity contribution is 5.73. The standard InChI is InChI=1S/C17H24N2O/c1-12-3-4-14-5-6-17(16(14)11-12)18-15-7-9-19(10-8-15)13(2)20/h3-4,11,15,17-18H,5-10H2,1-2H3. The number of aryl methyl sites for hydroxylation is 2. The molecule has 1 aliphatic carbocycles. The number of carbonyl (C=O) groups excluding carboxylic acids is 1. The first-order valence-electron chi connectivity index (χ1n) is 7.74. The van der Waals surface area contributed by atoms with Crippen LogP contribution < -0.4 is 5.32 Å². The maximum absolute atomic E-state index is 11.4. The summed E-state index contributed by atoms with van der Waals surface area (Å²) in [6, 6.07) is 7.91. The Morgan fingerprint density at radius 1 is 1.25 bits per heavy atom. The second-order valence-electron chi connectivity index (χ2n) is 6.24. The molecule has 1 aliphatic heterocycles. The van der Waals surface area contributed by atoms with Crippen molar-refractivity contribution < 1.29 is 4.79 Å². The summed E-state index contributed by atoms with van der Waals surface area (Å²) in [5.41, 5.74) is 4.36. The maximum atomic E-state index is 11.4. The van der Waals surface area contributed by atoms with Crippen LogP contribution in [0.25, 0.3) is 0 Å². The van der Waals surface area contributed by atoms with Gasteiger partial charge in [-0.2, -0.15) is 0 Å². The molecule has 1 fully saturated rings. The molecule has 0 saturated carbocycles. The number of benzene rings is 1. The van der Waals surface area contributed by atoms with E-state index in [-0.39, 0.29) is 5.91 Å². The lowest BCUT2D eigenvalue weighted by Crippen LogP contribution is -2.44. The Kier molecular flexibility index (Phi) is 3.79. The van der Waals surface area contributed by atoms with Crippen LogP contribution in [0, 0.1) is 6.92 Å². The van der Waals surface area contributed by atoms with E-state index in [1.807, 2.05) is 4.90 Å². The molecule has 0 bridgehead atoms. The number of hydrogen-bond donors (Lipinski definition) is 1. The molecule has 2 aliphatic rings. The van der Waals surface area contributed by atoms with Crippen LogP contribution in [0.2, 0.25) is 0 Å². The molecule has 3 nitrogen and oxygen atoms in total. The van der Waals surface area contributed by atoms with Crippen LogP contribution in [0.3, 0.4) is 0 Å². The fraction of sp³-hybridized carbons (Fsp3) is 0.588. The first kappa shape index (κ1) is 13.6. The summed E-state index contributed by atoms with van der Waals surface area (Å²) in [6.07, 6.45) is 4.57. The maximum Gasteiger partial charge on any atom is 0.219 e. The van der Waals surface area contributed by atoms with E-state index in [9.17, 15) is 4.79 Å². The quantitative estimate of drug-likeness (QED) is 0.897. The SMILES string of the molecule is CC(=O)N1CCC(NC2CCc3ccc(C)cc32)CC1. The number of carbonyl (C=O) groups is 1. The number of likely N-dealkylation sites (tertiary alicyclic amines) is 1. The van der Waals surface area contributed by atoms with Crippen molar-refractivity contribution in [1.82, 2.24) is 10.2 Å². The molecular weight excluding hydrogens is 248 g/mol. The second kappa shape index (κ2) is 5.57. The Bertz CT molecular complexity index is 504. The first-order chi connectivity index (χ1) is 9.63. The van der Waals surface area contributed by atoms with Gasteiger partial charge in [-0.25, -0.2) is 0 Å². The van der Waals surface area contributed by atoms with Crippen molar-refractivity contribution in [3.63, 3.8) is 0 Å². The Labute approximate surface area is 121 Å². The van der Waals surface area contributed by atoms with Gasteiger partial charge in [-0.05, 0) is 43.7 Å². The molecule has 3 rings (SSSR count). The predicted octanol–water partition coefficient (Wildman–Crippen LogP) is 2.58. The Morgan fingerprint density at radius 2 is 2.00 bits per heavy atom. The van der Waals surface area contributed by atoms with E-state index >= 15 is 0 Å². The average molecular weight is 272 g/mol. The minimum atomic E-state index is 0.213. The smallest absolute Gasteiger partial charge is 0.219 e. The monoisotopic (exact) mass is 272 g/mol. The van der Waals surface area contributed by atoms with E-state index < -0.39 is 0 Å². The summed E-state index contributed by atoms with van der Waals surface area (Å²) < 4.78 is 0. The zero-order chi connectivity index (χ0) is 14.1. The van der Waals surface area contributed by atoms with Crippen molar-refractivity contribution in [2.45, 2.75) is 51.6 Å². The molecular formula is C17H24N2O. The van der Waals surface area contributed by atoms with Gasteiger partial charge in [0, 0.05) is 32.1 Å². The molecule has 1 amide bonds. The van der Waals surface area contributed by atoms with Crippen molar-refractivity contribution in [1.29, 1.82) is 0 Å². The molecule has 0 aromatic heterocycles. The fourth-order valence-electron chi connectivity index (χ4n) is 3.54. The summed E-state index contributed by atoms with van der Waals surface area (Å²) >= 11 is 0. The molecule has 0 spiro atoms. The Hall–Kier alpha value is -1.35. The van der Waals surface area contributed by atoms with Gasteiger partial charge in [0.1, 0.15) is 0 Å². The summed E-state index contributed by atoms with van der Waals surface area (Å²) in [4.78, 5) is 13.3. The van der Waals surface area contributed by atoms with E-state index in [0.29, 0.717) is 12.1 Å². The molecule has 1 unspecified atom stereocenters. The van der Waals surface area contributed by atoms with E-state index in [0.717, 1.165) is 25.9 Å². The number of hydrogen-bond acceptors (Lipinski definition) is 2. The summed E-state index contributed by atoms with van der Waals surface area (Å²) in [6.45, 7) is 5.64. The first-order valence-corrected chi connectivity index (χ1v) is 7.74. The minimum absolute atomic E-state index is 0.213. The van der Waals surface area contributed by atoms with Crippen LogP contribution in [-0.4, -0.2) is 29.9 Å². The zero-order valence-corrected chi connectivity index (χ0v) is 12.5. The fourth-order valence-corrected chi connectivity index (χ4v) is 3.54. The lowest BCUT2D eigenvalue weighted by molar-refractivity contribution is -0.129. The minimum Gasteiger partial charge on any atom is -0.343 e. The molecule has 3 heteroatoms. The highest BCUT2D eigenvalue weighted by Crippen LogP contribution is 2.32. The summed E-state index contributed by atoms with van der Waals surface area (Å²) in [5.74, 6) is 0.213. The predicted molar refractivity (Wildman–Crippen MR) is 80.7 cm³/mol. The number of nitrogens with one attached hydrogen (secondary N) is 1. The van der Waals surface area contributed by atoms with Crippen molar-refractivity contribution in [2.75, 3.05) is 13.1 Å². The van der Waals surface area contributed by atoms with E-state index in [1.54, 1.807) is 6.92 Å². The van der Waals surface area contributed by atoms with Crippen molar-refractivity contribution in [3.8, 4) is 0 Å². The van der Waals surface area contributed by atoms with Crippen LogP contribution in [0.5, 0.6) is 0 Å². The van der Waals surface area contributed by atoms with Gasteiger partial charge in [0.25, 0.3) is 0 Å². The normalized spacial score (nSPS) is 22.9. The molecule has 1 heterocycles. The number of nitrogens with zero attached hydrogens (tertiary/aromatic N) is 1. The van der Waals surface area contributed by atoms with Gasteiger partial charge >= 0.3 is 0 Å².